The van der Waals surface area contributed by atoms with Crippen LogP contribution in [0.15, 0.2) is 53.0 Å². The molecular weight excluding hydrogens is 459 g/mol. The van der Waals surface area contributed by atoms with Gasteiger partial charge in [-0.3, -0.25) is 9.59 Å². The van der Waals surface area contributed by atoms with Gasteiger partial charge in [0.05, 0.1) is 6.07 Å². The van der Waals surface area contributed by atoms with Crippen molar-refractivity contribution in [3.05, 3.63) is 62.1 Å². The Hall–Kier alpha value is -1.72. The number of anilines is 1. The Bertz CT molecular complexity index is 736. The summed E-state index contributed by atoms with van der Waals surface area (Å²) in [6.07, 6.45) is 0. The summed E-state index contributed by atoms with van der Waals surface area (Å²) >= 11 is 5.41. The molecule has 2 aromatic carbocycles. The molecule has 22 heavy (non-hydrogen) atoms. The standard InChI is InChI=1S/C16H10BrIN2O2/c17-11-3-7-13(8-4-11)20-16(22)14(9-19)15(21)10-1-5-12(18)6-2-10/h1-8,14H,(H,20,22). The molecule has 0 aromatic heterocycles. The fourth-order valence-electron chi connectivity index (χ4n) is 1.76. The molecule has 110 valence electrons. The van der Waals surface area contributed by atoms with Crippen molar-refractivity contribution in [2.24, 2.45) is 5.92 Å². The largest absolute Gasteiger partial charge is 0.325 e. The van der Waals surface area contributed by atoms with Crippen molar-refractivity contribution in [2.75, 3.05) is 5.32 Å². The molecule has 0 aliphatic heterocycles. The van der Waals surface area contributed by atoms with Gasteiger partial charge in [-0.2, -0.15) is 5.26 Å². The van der Waals surface area contributed by atoms with E-state index in [1.165, 1.54) is 0 Å². The molecule has 0 heterocycles. The molecule has 4 nitrogen and oxygen atoms in total. The number of halogens is 2. The number of ketones is 1. The van der Waals surface area contributed by atoms with Crippen LogP contribution in [0.5, 0.6) is 0 Å². The number of amides is 1. The van der Waals surface area contributed by atoms with Crippen molar-refractivity contribution in [3.8, 4) is 6.07 Å². The Morgan fingerprint density at radius 3 is 2.23 bits per heavy atom. The Balaban J connectivity index is 2.15. The number of benzene rings is 2. The fourth-order valence-corrected chi connectivity index (χ4v) is 2.39. The molecule has 0 aliphatic carbocycles. The lowest BCUT2D eigenvalue weighted by atomic mass is 9.98. The molecule has 6 heteroatoms. The number of Topliss-reactive ketones (excluding diaryl/α,β-unsaturated/α-hetero) is 1. The number of nitrogens with one attached hydrogen (secondary N) is 1. The Kier molecular flexibility index (Phi) is 5.69. The topological polar surface area (TPSA) is 70.0 Å². The van der Waals surface area contributed by atoms with Crippen molar-refractivity contribution < 1.29 is 9.59 Å². The highest BCUT2D eigenvalue weighted by Gasteiger charge is 2.27. The number of nitriles is 1. The van der Waals surface area contributed by atoms with Gasteiger partial charge in [-0.15, -0.1) is 0 Å². The summed E-state index contributed by atoms with van der Waals surface area (Å²) in [7, 11) is 0. The number of carbonyl (C=O) groups excluding carboxylic acids is 2. The summed E-state index contributed by atoms with van der Waals surface area (Å²) < 4.78 is 1.85. The zero-order valence-electron chi connectivity index (χ0n) is 11.2. The van der Waals surface area contributed by atoms with E-state index in [9.17, 15) is 9.59 Å². The lowest BCUT2D eigenvalue weighted by Gasteiger charge is -2.10. The average Bonchev–Trinajstić information content (AvgIpc) is 2.51. The molecule has 1 amide bonds. The molecule has 0 saturated carbocycles. The van der Waals surface area contributed by atoms with E-state index < -0.39 is 17.6 Å². The summed E-state index contributed by atoms with van der Waals surface area (Å²) in [5.74, 6) is -2.51. The lowest BCUT2D eigenvalue weighted by Crippen LogP contribution is -2.28. The maximum Gasteiger partial charge on any atom is 0.249 e. The normalized spacial score (nSPS) is 11.3. The Morgan fingerprint density at radius 1 is 1.09 bits per heavy atom. The van der Waals surface area contributed by atoms with Crippen molar-refractivity contribution in [3.63, 3.8) is 0 Å². The average molecular weight is 469 g/mol. The van der Waals surface area contributed by atoms with E-state index in [1.54, 1.807) is 54.6 Å². The Morgan fingerprint density at radius 2 is 1.68 bits per heavy atom. The molecule has 0 aliphatic rings. The number of carbonyl (C=O) groups is 2. The minimum atomic E-state index is -1.37. The first kappa shape index (κ1) is 16.6. The first-order chi connectivity index (χ1) is 10.5. The SMILES string of the molecule is N#CC(C(=O)Nc1ccc(Br)cc1)C(=O)c1ccc(I)cc1. The van der Waals surface area contributed by atoms with Gasteiger partial charge in [0.25, 0.3) is 0 Å². The van der Waals surface area contributed by atoms with Gasteiger partial charge < -0.3 is 5.32 Å². The third kappa shape index (κ3) is 4.15. The van der Waals surface area contributed by atoms with Crippen molar-refractivity contribution >= 4 is 55.9 Å². The van der Waals surface area contributed by atoms with E-state index >= 15 is 0 Å². The van der Waals surface area contributed by atoms with E-state index in [2.05, 4.69) is 43.8 Å². The third-order valence-electron chi connectivity index (χ3n) is 2.89. The molecule has 2 aromatic rings. The van der Waals surface area contributed by atoms with Gasteiger partial charge in [-0.25, -0.2) is 0 Å². The monoisotopic (exact) mass is 468 g/mol. The van der Waals surface area contributed by atoms with Crippen LogP contribution in [0.3, 0.4) is 0 Å². The second-order valence-electron chi connectivity index (χ2n) is 4.43. The van der Waals surface area contributed by atoms with Crippen LogP contribution in [-0.2, 0) is 4.79 Å². The zero-order valence-corrected chi connectivity index (χ0v) is 15.0. The van der Waals surface area contributed by atoms with E-state index in [-0.39, 0.29) is 0 Å². The summed E-state index contributed by atoms with van der Waals surface area (Å²) in [4.78, 5) is 24.4. The predicted octanol–water partition coefficient (Wildman–Crippen LogP) is 4.01. The van der Waals surface area contributed by atoms with Crippen LogP contribution in [0.2, 0.25) is 0 Å². The number of hydrogen-bond donors (Lipinski definition) is 1. The lowest BCUT2D eigenvalue weighted by molar-refractivity contribution is -0.117. The third-order valence-corrected chi connectivity index (χ3v) is 4.14. The summed E-state index contributed by atoms with van der Waals surface area (Å²) in [5, 5.41) is 11.7. The van der Waals surface area contributed by atoms with E-state index in [1.807, 2.05) is 0 Å². The van der Waals surface area contributed by atoms with E-state index in [0.29, 0.717) is 11.3 Å². The molecule has 1 unspecified atom stereocenters. The van der Waals surface area contributed by atoms with Crippen LogP contribution in [0.4, 0.5) is 5.69 Å². The van der Waals surface area contributed by atoms with Gasteiger partial charge in [0, 0.05) is 19.3 Å². The highest BCUT2D eigenvalue weighted by molar-refractivity contribution is 14.1. The highest BCUT2D eigenvalue weighted by atomic mass is 127. The molecule has 0 radical (unpaired) electrons. The van der Waals surface area contributed by atoms with Crippen LogP contribution in [0.1, 0.15) is 10.4 Å². The first-order valence-corrected chi connectivity index (χ1v) is 8.14. The van der Waals surface area contributed by atoms with E-state index in [4.69, 9.17) is 5.26 Å². The fraction of sp³-hybridized carbons (Fsp3) is 0.0625. The molecule has 0 spiro atoms. The molecule has 1 N–H and O–H groups in total. The molecular formula is C16H10BrIN2O2. The van der Waals surface area contributed by atoms with Crippen LogP contribution in [0.25, 0.3) is 0 Å². The minimum absolute atomic E-state index is 0.345. The van der Waals surface area contributed by atoms with E-state index in [0.717, 1.165) is 8.04 Å². The second kappa shape index (κ2) is 7.51. The molecule has 0 saturated heterocycles. The minimum Gasteiger partial charge on any atom is -0.325 e. The first-order valence-electron chi connectivity index (χ1n) is 6.27. The van der Waals surface area contributed by atoms with Crippen LogP contribution in [-0.4, -0.2) is 11.7 Å². The van der Waals surface area contributed by atoms with Gasteiger partial charge in [0.15, 0.2) is 11.7 Å². The Labute approximate surface area is 149 Å². The van der Waals surface area contributed by atoms with Gasteiger partial charge >= 0.3 is 0 Å². The molecule has 0 bridgehead atoms. The van der Waals surface area contributed by atoms with Gasteiger partial charge in [0.1, 0.15) is 0 Å². The van der Waals surface area contributed by atoms with Gasteiger partial charge in [-0.05, 0) is 59.0 Å². The summed E-state index contributed by atoms with van der Waals surface area (Å²) in [6.45, 7) is 0. The van der Waals surface area contributed by atoms with Crippen molar-refractivity contribution in [1.29, 1.82) is 5.26 Å². The quantitative estimate of drug-likeness (QED) is 0.418. The van der Waals surface area contributed by atoms with Gasteiger partial charge in [0.2, 0.25) is 5.91 Å². The predicted molar refractivity (Wildman–Crippen MR) is 95.4 cm³/mol. The second-order valence-corrected chi connectivity index (χ2v) is 6.59. The summed E-state index contributed by atoms with van der Waals surface area (Å²) in [6, 6.07) is 15.4. The van der Waals surface area contributed by atoms with Crippen molar-refractivity contribution in [2.45, 2.75) is 0 Å². The molecule has 0 fully saturated rings. The number of rotatable bonds is 4. The number of hydrogen-bond acceptors (Lipinski definition) is 3. The van der Waals surface area contributed by atoms with Gasteiger partial charge in [-0.1, -0.05) is 28.1 Å². The van der Waals surface area contributed by atoms with Crippen molar-refractivity contribution in [1.82, 2.24) is 0 Å². The maximum absolute atomic E-state index is 12.3. The zero-order chi connectivity index (χ0) is 16.1. The van der Waals surface area contributed by atoms with Crippen LogP contribution in [0, 0.1) is 20.8 Å². The number of nitrogens with zero attached hydrogens (tertiary/aromatic N) is 1. The van der Waals surface area contributed by atoms with Crippen LogP contribution < -0.4 is 5.32 Å². The molecule has 1 atom stereocenters. The van der Waals surface area contributed by atoms with Crippen LogP contribution >= 0.6 is 38.5 Å². The molecule has 2 rings (SSSR count). The smallest absolute Gasteiger partial charge is 0.249 e. The highest BCUT2D eigenvalue weighted by Crippen LogP contribution is 2.17. The summed E-state index contributed by atoms with van der Waals surface area (Å²) in [5.41, 5.74) is 0.877. The maximum atomic E-state index is 12.3.